The van der Waals surface area contributed by atoms with E-state index in [0.717, 1.165) is 49.4 Å². The van der Waals surface area contributed by atoms with Gasteiger partial charge in [0.2, 0.25) is 0 Å². The maximum Gasteiger partial charge on any atom is 0.0793 e. The van der Waals surface area contributed by atoms with E-state index < -0.39 is 0 Å². The van der Waals surface area contributed by atoms with Gasteiger partial charge in [-0.2, -0.15) is 0 Å². The van der Waals surface area contributed by atoms with Gasteiger partial charge < -0.3 is 5.32 Å². The zero-order chi connectivity index (χ0) is 18.4. The molecule has 0 bridgehead atoms. The van der Waals surface area contributed by atoms with E-state index in [9.17, 15) is 0 Å². The molecule has 0 spiro atoms. The summed E-state index contributed by atoms with van der Waals surface area (Å²) < 4.78 is 2.36. The number of nitrogens with zero attached hydrogens (tertiary/aromatic N) is 2. The summed E-state index contributed by atoms with van der Waals surface area (Å²) in [6.07, 6.45) is 8.21. The molecule has 1 aliphatic heterocycles. The van der Waals surface area contributed by atoms with E-state index in [4.69, 9.17) is 4.98 Å². The highest BCUT2D eigenvalue weighted by molar-refractivity contribution is 9.10. The van der Waals surface area contributed by atoms with Gasteiger partial charge in [0.25, 0.3) is 0 Å². The van der Waals surface area contributed by atoms with Crippen molar-refractivity contribution < 1.29 is 0 Å². The predicted molar refractivity (Wildman–Crippen MR) is 116 cm³/mol. The van der Waals surface area contributed by atoms with E-state index in [1.807, 2.05) is 6.20 Å². The van der Waals surface area contributed by atoms with Crippen LogP contribution in [0.15, 0.2) is 33.3 Å². The summed E-state index contributed by atoms with van der Waals surface area (Å²) in [7, 11) is 0. The first-order chi connectivity index (χ1) is 13.2. The van der Waals surface area contributed by atoms with Gasteiger partial charge >= 0.3 is 0 Å². The van der Waals surface area contributed by atoms with E-state index in [1.165, 1.54) is 51.7 Å². The van der Waals surface area contributed by atoms with Crippen LogP contribution in [-0.4, -0.2) is 36.1 Å². The third-order valence-corrected chi connectivity index (χ3v) is 7.58. The average Bonchev–Trinajstić information content (AvgIpc) is 2.78. The molecule has 1 aromatic heterocycles. The van der Waals surface area contributed by atoms with E-state index in [-0.39, 0.29) is 6.04 Å². The predicted octanol–water partition coefficient (Wildman–Crippen LogP) is 4.97. The first kappa shape index (κ1) is 18.3. The number of aryl methyl sites for hydroxylation is 2. The molecular formula is C22H25Br2N3. The number of nitrogens with one attached hydrogen (secondary N) is 1. The highest BCUT2D eigenvalue weighted by atomic mass is 79.9. The molecular weight excluding hydrogens is 466 g/mol. The molecule has 2 aromatic rings. The summed E-state index contributed by atoms with van der Waals surface area (Å²) in [5.74, 6) is 0.766. The zero-order valence-electron chi connectivity index (χ0n) is 15.5. The van der Waals surface area contributed by atoms with Gasteiger partial charge in [-0.25, -0.2) is 0 Å². The van der Waals surface area contributed by atoms with Gasteiger partial charge in [-0.1, -0.05) is 28.4 Å². The Morgan fingerprint density at radius 3 is 2.52 bits per heavy atom. The number of hydrogen-bond donors (Lipinski definition) is 1. The summed E-state index contributed by atoms with van der Waals surface area (Å²) in [4.78, 5) is 7.55. The van der Waals surface area contributed by atoms with Gasteiger partial charge in [-0.15, -0.1) is 0 Å². The molecule has 1 saturated heterocycles. The maximum atomic E-state index is 4.93. The molecule has 27 heavy (non-hydrogen) atoms. The van der Waals surface area contributed by atoms with Crippen LogP contribution in [0.25, 0.3) is 0 Å². The molecule has 0 unspecified atom stereocenters. The Labute approximate surface area is 178 Å². The van der Waals surface area contributed by atoms with E-state index in [0.29, 0.717) is 0 Å². The molecule has 5 heteroatoms. The molecule has 1 N–H and O–H groups in total. The Balaban J connectivity index is 1.65. The molecule has 2 fully saturated rings. The molecule has 1 atom stereocenters. The second-order valence-electron chi connectivity index (χ2n) is 8.09. The Kier molecular flexibility index (Phi) is 5.14. The Morgan fingerprint density at radius 1 is 1.00 bits per heavy atom. The van der Waals surface area contributed by atoms with Crippen LogP contribution in [0.2, 0.25) is 0 Å². The second kappa shape index (κ2) is 7.58. The molecule has 3 aliphatic rings. The molecule has 0 amide bonds. The lowest BCUT2D eigenvalue weighted by atomic mass is 9.78. The molecule has 2 heterocycles. The quantitative estimate of drug-likeness (QED) is 0.644. The van der Waals surface area contributed by atoms with E-state index in [1.54, 1.807) is 0 Å². The largest absolute Gasteiger partial charge is 0.314 e. The van der Waals surface area contributed by atoms with Gasteiger partial charge in [0.1, 0.15) is 0 Å². The smallest absolute Gasteiger partial charge is 0.0793 e. The number of fused-ring (bicyclic) bond motifs is 2. The third-order valence-electron chi connectivity index (χ3n) is 6.50. The van der Waals surface area contributed by atoms with E-state index in [2.05, 4.69) is 60.3 Å². The summed E-state index contributed by atoms with van der Waals surface area (Å²) in [6.45, 7) is 4.24. The minimum Gasteiger partial charge on any atom is -0.314 e. The first-order valence-corrected chi connectivity index (χ1v) is 11.7. The van der Waals surface area contributed by atoms with Crippen molar-refractivity contribution in [2.24, 2.45) is 0 Å². The van der Waals surface area contributed by atoms with Crippen LogP contribution in [-0.2, 0) is 12.8 Å². The van der Waals surface area contributed by atoms with Crippen molar-refractivity contribution in [1.82, 2.24) is 15.2 Å². The topological polar surface area (TPSA) is 28.2 Å². The van der Waals surface area contributed by atoms with Crippen molar-refractivity contribution in [2.45, 2.75) is 44.1 Å². The zero-order valence-corrected chi connectivity index (χ0v) is 18.7. The fourth-order valence-electron chi connectivity index (χ4n) is 4.83. The van der Waals surface area contributed by atoms with Crippen LogP contribution in [0.1, 0.15) is 59.2 Å². The van der Waals surface area contributed by atoms with Crippen molar-refractivity contribution in [3.8, 4) is 0 Å². The fourth-order valence-corrected chi connectivity index (χ4v) is 5.94. The van der Waals surface area contributed by atoms with Crippen LogP contribution in [0, 0.1) is 0 Å². The number of piperazine rings is 1. The standard InChI is InChI=1S/C22H25Br2N3/c23-18-11-16-5-4-15-10-17(14-2-1-3-14)12-19(24)20(15)22(21(16)26-13-18)27-8-6-25-7-9-27/h10-14,22,25H,1-9H2/t22-/m1/s1. The molecule has 1 aromatic carbocycles. The fraction of sp³-hybridized carbons (Fsp3) is 0.500. The van der Waals surface area contributed by atoms with Gasteiger partial charge in [0.15, 0.2) is 0 Å². The number of pyridine rings is 1. The first-order valence-electron chi connectivity index (χ1n) is 10.1. The monoisotopic (exact) mass is 489 g/mol. The molecule has 2 aliphatic carbocycles. The molecule has 142 valence electrons. The number of aromatic nitrogens is 1. The Hall–Kier alpha value is -0.750. The average molecular weight is 491 g/mol. The number of benzene rings is 1. The Bertz CT molecular complexity index is 857. The number of halogens is 2. The van der Waals surface area contributed by atoms with Crippen molar-refractivity contribution in [3.63, 3.8) is 0 Å². The summed E-state index contributed by atoms with van der Waals surface area (Å²) in [6, 6.07) is 7.45. The summed E-state index contributed by atoms with van der Waals surface area (Å²) in [5, 5.41) is 3.50. The van der Waals surface area contributed by atoms with Crippen molar-refractivity contribution >= 4 is 31.9 Å². The van der Waals surface area contributed by atoms with Crippen LogP contribution < -0.4 is 5.32 Å². The van der Waals surface area contributed by atoms with Gasteiger partial charge in [-0.05, 0) is 81.9 Å². The lowest BCUT2D eigenvalue weighted by molar-refractivity contribution is 0.194. The van der Waals surface area contributed by atoms with E-state index >= 15 is 0 Å². The van der Waals surface area contributed by atoms with Crippen LogP contribution in [0.3, 0.4) is 0 Å². The molecule has 0 radical (unpaired) electrons. The van der Waals surface area contributed by atoms with Crippen LogP contribution >= 0.6 is 31.9 Å². The third kappa shape index (κ3) is 3.41. The second-order valence-corrected chi connectivity index (χ2v) is 9.86. The molecule has 3 nitrogen and oxygen atoms in total. The van der Waals surface area contributed by atoms with Gasteiger partial charge in [0, 0.05) is 41.3 Å². The Morgan fingerprint density at radius 2 is 1.78 bits per heavy atom. The van der Waals surface area contributed by atoms with Gasteiger partial charge in [-0.3, -0.25) is 9.88 Å². The SMILES string of the molecule is Brc1cnc2c(c1)CCc1cc(C3CCC3)cc(Br)c1[C@H]2N1CCNCC1. The normalized spacial score (nSPS) is 23.3. The van der Waals surface area contributed by atoms with Crippen LogP contribution in [0.5, 0.6) is 0 Å². The summed E-state index contributed by atoms with van der Waals surface area (Å²) in [5.41, 5.74) is 7.14. The lowest BCUT2D eigenvalue weighted by Gasteiger charge is -2.36. The highest BCUT2D eigenvalue weighted by Gasteiger charge is 2.33. The minimum absolute atomic E-state index is 0.248. The van der Waals surface area contributed by atoms with Gasteiger partial charge in [0.05, 0.1) is 11.7 Å². The summed E-state index contributed by atoms with van der Waals surface area (Å²) >= 11 is 7.62. The van der Waals surface area contributed by atoms with Crippen molar-refractivity contribution in [2.75, 3.05) is 26.2 Å². The minimum atomic E-state index is 0.248. The molecule has 5 rings (SSSR count). The van der Waals surface area contributed by atoms with Crippen molar-refractivity contribution in [1.29, 1.82) is 0 Å². The van der Waals surface area contributed by atoms with Crippen molar-refractivity contribution in [3.05, 3.63) is 61.3 Å². The number of hydrogen-bond acceptors (Lipinski definition) is 3. The molecule has 1 saturated carbocycles. The number of rotatable bonds is 2. The maximum absolute atomic E-state index is 4.93. The lowest BCUT2D eigenvalue weighted by Crippen LogP contribution is -2.46. The van der Waals surface area contributed by atoms with Crippen LogP contribution in [0.4, 0.5) is 0 Å². The highest BCUT2D eigenvalue weighted by Crippen LogP contribution is 2.44.